The Morgan fingerprint density at radius 1 is 1.06 bits per heavy atom. The van der Waals surface area contributed by atoms with Gasteiger partial charge in [-0.2, -0.15) is 0 Å². The van der Waals surface area contributed by atoms with Gasteiger partial charge in [0.05, 0.1) is 0 Å². The molecule has 3 N–H and O–H groups in total. The highest BCUT2D eigenvalue weighted by molar-refractivity contribution is 5.93. The van der Waals surface area contributed by atoms with E-state index in [0.29, 0.717) is 12.8 Å². The molecular formula is C24H26N2O6. The smallest absolute Gasteiger partial charge is 0.407 e. The monoisotopic (exact) mass is 438 g/mol. The van der Waals surface area contributed by atoms with E-state index in [1.807, 2.05) is 36.4 Å². The molecule has 32 heavy (non-hydrogen) atoms. The van der Waals surface area contributed by atoms with E-state index in [1.54, 1.807) is 0 Å². The number of carbonyl (C=O) groups excluding carboxylic acids is 2. The molecule has 2 aromatic carbocycles. The van der Waals surface area contributed by atoms with E-state index in [2.05, 4.69) is 22.8 Å². The Morgan fingerprint density at radius 2 is 1.66 bits per heavy atom. The Balaban J connectivity index is 1.40. The van der Waals surface area contributed by atoms with Crippen LogP contribution in [0.3, 0.4) is 0 Å². The van der Waals surface area contributed by atoms with Gasteiger partial charge in [-0.05, 0) is 35.1 Å². The lowest BCUT2D eigenvalue weighted by molar-refractivity contribution is -0.143. The Bertz CT molecular complexity index is 987. The zero-order valence-corrected chi connectivity index (χ0v) is 17.8. The molecule has 4 rings (SSSR count). The van der Waals surface area contributed by atoms with Gasteiger partial charge in [-0.25, -0.2) is 9.59 Å². The largest absolute Gasteiger partial charge is 0.480 e. The molecule has 2 aliphatic carbocycles. The number of benzene rings is 2. The molecule has 1 fully saturated rings. The van der Waals surface area contributed by atoms with Crippen molar-refractivity contribution in [3.05, 3.63) is 59.7 Å². The molecule has 1 atom stereocenters. The van der Waals surface area contributed by atoms with E-state index in [1.165, 1.54) is 7.11 Å². The van der Waals surface area contributed by atoms with Crippen molar-refractivity contribution in [2.75, 3.05) is 20.3 Å². The van der Waals surface area contributed by atoms with Gasteiger partial charge in [-0.15, -0.1) is 0 Å². The number of amides is 2. The zero-order valence-electron chi connectivity index (χ0n) is 17.8. The van der Waals surface area contributed by atoms with Crippen molar-refractivity contribution in [2.24, 2.45) is 0 Å². The van der Waals surface area contributed by atoms with Crippen LogP contribution in [-0.2, 0) is 19.1 Å². The first-order valence-corrected chi connectivity index (χ1v) is 10.6. The molecule has 8 heteroatoms. The van der Waals surface area contributed by atoms with Crippen LogP contribution in [0.2, 0.25) is 0 Å². The van der Waals surface area contributed by atoms with Crippen molar-refractivity contribution < 1.29 is 29.0 Å². The number of nitrogens with one attached hydrogen (secondary N) is 2. The summed E-state index contributed by atoms with van der Waals surface area (Å²) in [4.78, 5) is 36.6. The minimum absolute atomic E-state index is 0.0962. The third kappa shape index (κ3) is 4.31. The van der Waals surface area contributed by atoms with Crippen LogP contribution in [0.4, 0.5) is 4.79 Å². The number of alkyl carbamates (subject to hydrolysis) is 1. The fraction of sp³-hybridized carbons (Fsp3) is 0.375. The van der Waals surface area contributed by atoms with Crippen LogP contribution >= 0.6 is 0 Å². The SMILES string of the molecule is COCCC(NC(=O)OCC1c2ccccc2-c2ccccc21)C(=O)NC1(C(=O)O)CC1. The predicted octanol–water partition coefficient (Wildman–Crippen LogP) is 2.66. The molecule has 168 valence electrons. The lowest BCUT2D eigenvalue weighted by atomic mass is 9.98. The van der Waals surface area contributed by atoms with Crippen LogP contribution in [0.5, 0.6) is 0 Å². The number of fused-ring (bicyclic) bond motifs is 3. The van der Waals surface area contributed by atoms with Crippen molar-refractivity contribution in [3.63, 3.8) is 0 Å². The number of ether oxygens (including phenoxy) is 2. The number of carboxylic acids is 1. The molecule has 0 heterocycles. The topological polar surface area (TPSA) is 114 Å². The van der Waals surface area contributed by atoms with Crippen LogP contribution < -0.4 is 10.6 Å². The molecule has 2 amide bonds. The average molecular weight is 438 g/mol. The second kappa shape index (κ2) is 9.00. The molecule has 0 spiro atoms. The third-order valence-corrected chi connectivity index (χ3v) is 6.08. The summed E-state index contributed by atoms with van der Waals surface area (Å²) >= 11 is 0. The minimum atomic E-state index is -1.23. The number of rotatable bonds is 9. The van der Waals surface area contributed by atoms with Crippen molar-refractivity contribution in [2.45, 2.75) is 36.8 Å². The van der Waals surface area contributed by atoms with E-state index in [-0.39, 0.29) is 25.6 Å². The maximum Gasteiger partial charge on any atom is 0.407 e. The molecule has 0 aromatic heterocycles. The Hall–Kier alpha value is -3.39. The summed E-state index contributed by atoms with van der Waals surface area (Å²) < 4.78 is 10.5. The first kappa shape index (κ1) is 21.8. The van der Waals surface area contributed by atoms with Crippen molar-refractivity contribution in [3.8, 4) is 11.1 Å². The van der Waals surface area contributed by atoms with Gasteiger partial charge < -0.3 is 25.2 Å². The molecule has 0 radical (unpaired) electrons. The van der Waals surface area contributed by atoms with Crippen molar-refractivity contribution >= 4 is 18.0 Å². The average Bonchev–Trinajstić information content (AvgIpc) is 3.51. The zero-order chi connectivity index (χ0) is 22.7. The van der Waals surface area contributed by atoms with E-state index >= 15 is 0 Å². The number of carboxylic acid groups (broad SMARTS) is 1. The van der Waals surface area contributed by atoms with Crippen LogP contribution in [-0.4, -0.2) is 55.0 Å². The predicted molar refractivity (Wildman–Crippen MR) is 116 cm³/mol. The number of hydrogen-bond acceptors (Lipinski definition) is 5. The number of methoxy groups -OCH3 is 1. The van der Waals surface area contributed by atoms with Gasteiger partial charge >= 0.3 is 12.1 Å². The molecule has 1 saturated carbocycles. The van der Waals surface area contributed by atoms with E-state index in [0.717, 1.165) is 22.3 Å². The van der Waals surface area contributed by atoms with Crippen molar-refractivity contribution in [1.29, 1.82) is 0 Å². The van der Waals surface area contributed by atoms with Gasteiger partial charge in [0.15, 0.2) is 0 Å². The minimum Gasteiger partial charge on any atom is -0.480 e. The standard InChI is InChI=1S/C24H26N2O6/c1-31-13-10-20(21(27)26-24(11-12-24)22(28)29)25-23(30)32-14-19-17-8-4-2-6-15(17)16-7-3-5-9-18(16)19/h2-9,19-20H,10-14H2,1H3,(H,25,30)(H,26,27)(H,28,29). The number of aliphatic carboxylic acids is 1. The first-order valence-electron chi connectivity index (χ1n) is 10.6. The molecule has 2 aliphatic rings. The summed E-state index contributed by atoms with van der Waals surface area (Å²) in [6, 6.07) is 15.1. The Morgan fingerprint density at radius 3 is 2.19 bits per heavy atom. The first-order chi connectivity index (χ1) is 15.4. The number of carbonyl (C=O) groups is 3. The van der Waals surface area contributed by atoms with Gasteiger partial charge in [0, 0.05) is 26.1 Å². The molecule has 1 unspecified atom stereocenters. The molecule has 2 aromatic rings. The maximum absolute atomic E-state index is 12.6. The highest BCUT2D eigenvalue weighted by Crippen LogP contribution is 2.44. The lowest BCUT2D eigenvalue weighted by Crippen LogP contribution is -2.53. The Kier molecular flexibility index (Phi) is 6.14. The van der Waals surface area contributed by atoms with Gasteiger partial charge in [-0.3, -0.25) is 4.79 Å². The molecule has 8 nitrogen and oxygen atoms in total. The van der Waals surface area contributed by atoms with E-state index < -0.39 is 29.6 Å². The van der Waals surface area contributed by atoms with Crippen LogP contribution in [0.15, 0.2) is 48.5 Å². The summed E-state index contributed by atoms with van der Waals surface area (Å²) in [7, 11) is 1.49. The van der Waals surface area contributed by atoms with Crippen LogP contribution in [0.1, 0.15) is 36.3 Å². The summed E-state index contributed by atoms with van der Waals surface area (Å²) in [6.07, 6.45) is 0.206. The molecule has 0 bridgehead atoms. The second-order valence-electron chi connectivity index (χ2n) is 8.18. The summed E-state index contributed by atoms with van der Waals surface area (Å²) in [5.41, 5.74) is 3.20. The van der Waals surface area contributed by atoms with Gasteiger partial charge in [-0.1, -0.05) is 48.5 Å². The van der Waals surface area contributed by atoms with Crippen molar-refractivity contribution in [1.82, 2.24) is 10.6 Å². The lowest BCUT2D eigenvalue weighted by Gasteiger charge is -2.21. The highest BCUT2D eigenvalue weighted by atomic mass is 16.5. The fourth-order valence-electron chi connectivity index (χ4n) is 4.13. The highest BCUT2D eigenvalue weighted by Gasteiger charge is 2.52. The van der Waals surface area contributed by atoms with Gasteiger partial charge in [0.1, 0.15) is 18.2 Å². The second-order valence-corrected chi connectivity index (χ2v) is 8.18. The van der Waals surface area contributed by atoms with Gasteiger partial charge in [0.25, 0.3) is 0 Å². The third-order valence-electron chi connectivity index (χ3n) is 6.08. The van der Waals surface area contributed by atoms with Crippen LogP contribution in [0.25, 0.3) is 11.1 Å². The normalized spacial score (nSPS) is 16.4. The fourth-order valence-corrected chi connectivity index (χ4v) is 4.13. The van der Waals surface area contributed by atoms with Gasteiger partial charge in [0.2, 0.25) is 5.91 Å². The summed E-state index contributed by atoms with van der Waals surface area (Å²) in [6.45, 7) is 0.347. The molecule has 0 saturated heterocycles. The van der Waals surface area contributed by atoms with E-state index in [4.69, 9.17) is 9.47 Å². The molecular weight excluding hydrogens is 412 g/mol. The van der Waals surface area contributed by atoms with Crippen LogP contribution in [0, 0.1) is 0 Å². The maximum atomic E-state index is 12.6. The number of hydrogen-bond donors (Lipinski definition) is 3. The van der Waals surface area contributed by atoms with E-state index in [9.17, 15) is 19.5 Å². The quantitative estimate of drug-likeness (QED) is 0.555. The summed E-state index contributed by atoms with van der Waals surface area (Å²) in [5.74, 6) is -1.73. The Labute approximate surface area is 185 Å². The summed E-state index contributed by atoms with van der Waals surface area (Å²) in [5, 5.41) is 14.4. The molecule has 0 aliphatic heterocycles.